The smallest absolute Gasteiger partial charge is 0.0484 e. The van der Waals surface area contributed by atoms with Gasteiger partial charge in [-0.1, -0.05) is 13.8 Å². The Morgan fingerprint density at radius 3 is 2.69 bits per heavy atom. The summed E-state index contributed by atoms with van der Waals surface area (Å²) < 4.78 is 5.55. The SMILES string of the molecule is CCCOCCC(NCC)c1ccc(C)s1. The van der Waals surface area contributed by atoms with Crippen molar-refractivity contribution < 1.29 is 4.74 Å². The second-order valence-corrected chi connectivity index (χ2v) is 5.28. The Labute approximate surface area is 103 Å². The molecule has 0 aliphatic rings. The summed E-state index contributed by atoms with van der Waals surface area (Å²) in [7, 11) is 0. The molecule has 0 aromatic carbocycles. The maximum absolute atomic E-state index is 5.55. The van der Waals surface area contributed by atoms with E-state index in [9.17, 15) is 0 Å². The Balaban J connectivity index is 2.41. The van der Waals surface area contributed by atoms with Crippen LogP contribution >= 0.6 is 11.3 Å². The summed E-state index contributed by atoms with van der Waals surface area (Å²) in [6, 6.07) is 4.88. The molecule has 0 amide bonds. The van der Waals surface area contributed by atoms with Crippen molar-refractivity contribution in [2.45, 2.75) is 39.7 Å². The molecule has 92 valence electrons. The zero-order valence-electron chi connectivity index (χ0n) is 10.6. The topological polar surface area (TPSA) is 21.3 Å². The first-order chi connectivity index (χ1) is 7.77. The summed E-state index contributed by atoms with van der Waals surface area (Å²) in [4.78, 5) is 2.81. The number of ether oxygens (including phenoxy) is 1. The number of hydrogen-bond donors (Lipinski definition) is 1. The highest BCUT2D eigenvalue weighted by Crippen LogP contribution is 2.25. The Hall–Kier alpha value is -0.380. The summed E-state index contributed by atoms with van der Waals surface area (Å²) in [6.07, 6.45) is 2.16. The first kappa shape index (κ1) is 13.7. The third-order valence-corrected chi connectivity index (χ3v) is 3.57. The minimum Gasteiger partial charge on any atom is -0.381 e. The third kappa shape index (κ3) is 4.64. The first-order valence-corrected chi connectivity index (χ1v) is 6.97. The van der Waals surface area contributed by atoms with Gasteiger partial charge in [0.25, 0.3) is 0 Å². The average molecular weight is 241 g/mol. The fraction of sp³-hybridized carbons (Fsp3) is 0.692. The minimum absolute atomic E-state index is 0.459. The third-order valence-electron chi connectivity index (χ3n) is 2.45. The molecule has 0 radical (unpaired) electrons. The van der Waals surface area contributed by atoms with E-state index in [0.717, 1.165) is 32.6 Å². The predicted octanol–water partition coefficient (Wildman–Crippen LogP) is 3.52. The molecule has 0 saturated heterocycles. The summed E-state index contributed by atoms with van der Waals surface area (Å²) in [5, 5.41) is 3.52. The van der Waals surface area contributed by atoms with Crippen LogP contribution in [0.25, 0.3) is 0 Å². The summed E-state index contributed by atoms with van der Waals surface area (Å²) in [6.45, 7) is 9.19. The van der Waals surface area contributed by atoms with E-state index in [0.29, 0.717) is 6.04 Å². The lowest BCUT2D eigenvalue weighted by Crippen LogP contribution is -2.21. The molecule has 0 spiro atoms. The van der Waals surface area contributed by atoms with Gasteiger partial charge in [-0.05, 0) is 38.4 Å². The van der Waals surface area contributed by atoms with Crippen LogP contribution in [0, 0.1) is 6.92 Å². The molecule has 0 aliphatic heterocycles. The number of rotatable bonds is 8. The molecular formula is C13H23NOS. The van der Waals surface area contributed by atoms with Crippen LogP contribution in [0.1, 0.15) is 42.5 Å². The van der Waals surface area contributed by atoms with E-state index in [1.54, 1.807) is 0 Å². The first-order valence-electron chi connectivity index (χ1n) is 6.15. The van der Waals surface area contributed by atoms with Crippen molar-refractivity contribution in [1.82, 2.24) is 5.32 Å². The molecule has 1 rings (SSSR count). The fourth-order valence-corrected chi connectivity index (χ4v) is 2.67. The zero-order valence-corrected chi connectivity index (χ0v) is 11.4. The second kappa shape index (κ2) is 7.82. The molecule has 1 heterocycles. The Bertz CT molecular complexity index is 285. The summed E-state index contributed by atoms with van der Waals surface area (Å²) in [5.41, 5.74) is 0. The summed E-state index contributed by atoms with van der Waals surface area (Å²) in [5.74, 6) is 0. The molecular weight excluding hydrogens is 218 g/mol. The van der Waals surface area contributed by atoms with Crippen LogP contribution in [-0.4, -0.2) is 19.8 Å². The van der Waals surface area contributed by atoms with Crippen molar-refractivity contribution in [2.24, 2.45) is 0 Å². The number of aryl methyl sites for hydroxylation is 1. The van der Waals surface area contributed by atoms with Gasteiger partial charge in [-0.15, -0.1) is 11.3 Å². The second-order valence-electron chi connectivity index (χ2n) is 3.96. The van der Waals surface area contributed by atoms with Gasteiger partial charge in [0.2, 0.25) is 0 Å². The Morgan fingerprint density at radius 1 is 1.31 bits per heavy atom. The predicted molar refractivity (Wildman–Crippen MR) is 71.2 cm³/mol. The average Bonchev–Trinajstić information content (AvgIpc) is 2.69. The molecule has 16 heavy (non-hydrogen) atoms. The van der Waals surface area contributed by atoms with Gasteiger partial charge in [-0.3, -0.25) is 0 Å². The van der Waals surface area contributed by atoms with Crippen LogP contribution < -0.4 is 5.32 Å². The van der Waals surface area contributed by atoms with E-state index in [4.69, 9.17) is 4.74 Å². The van der Waals surface area contributed by atoms with Gasteiger partial charge in [0.15, 0.2) is 0 Å². The minimum atomic E-state index is 0.459. The van der Waals surface area contributed by atoms with Gasteiger partial charge in [0.1, 0.15) is 0 Å². The van der Waals surface area contributed by atoms with Crippen LogP contribution in [0.5, 0.6) is 0 Å². The molecule has 0 bridgehead atoms. The van der Waals surface area contributed by atoms with Gasteiger partial charge in [-0.2, -0.15) is 0 Å². The maximum atomic E-state index is 5.55. The lowest BCUT2D eigenvalue weighted by molar-refractivity contribution is 0.125. The highest BCUT2D eigenvalue weighted by atomic mass is 32.1. The lowest BCUT2D eigenvalue weighted by atomic mass is 10.2. The number of hydrogen-bond acceptors (Lipinski definition) is 3. The van der Waals surface area contributed by atoms with Crippen LogP contribution in [-0.2, 0) is 4.74 Å². The van der Waals surface area contributed by atoms with Gasteiger partial charge in [0, 0.05) is 29.0 Å². The van der Waals surface area contributed by atoms with Crippen molar-refractivity contribution in [3.05, 3.63) is 21.9 Å². The molecule has 2 nitrogen and oxygen atoms in total. The maximum Gasteiger partial charge on any atom is 0.0484 e. The molecule has 1 aromatic heterocycles. The van der Waals surface area contributed by atoms with E-state index >= 15 is 0 Å². The van der Waals surface area contributed by atoms with E-state index in [-0.39, 0.29) is 0 Å². The van der Waals surface area contributed by atoms with Gasteiger partial charge < -0.3 is 10.1 Å². The van der Waals surface area contributed by atoms with Crippen LogP contribution in [0.4, 0.5) is 0 Å². The van der Waals surface area contributed by atoms with Gasteiger partial charge in [-0.25, -0.2) is 0 Å². The molecule has 1 unspecified atom stereocenters. The molecule has 0 saturated carbocycles. The van der Waals surface area contributed by atoms with Crippen LogP contribution in [0.2, 0.25) is 0 Å². The molecule has 1 aromatic rings. The Morgan fingerprint density at radius 2 is 2.12 bits per heavy atom. The van der Waals surface area contributed by atoms with Crippen molar-refractivity contribution in [3.63, 3.8) is 0 Å². The molecule has 1 N–H and O–H groups in total. The fourth-order valence-electron chi connectivity index (χ4n) is 1.68. The summed E-state index contributed by atoms with van der Waals surface area (Å²) >= 11 is 1.88. The van der Waals surface area contributed by atoms with E-state index in [2.05, 4.69) is 38.2 Å². The lowest BCUT2D eigenvalue weighted by Gasteiger charge is -2.16. The van der Waals surface area contributed by atoms with Crippen molar-refractivity contribution in [3.8, 4) is 0 Å². The van der Waals surface area contributed by atoms with Crippen LogP contribution in [0.3, 0.4) is 0 Å². The normalized spacial score (nSPS) is 12.9. The molecule has 0 fully saturated rings. The van der Waals surface area contributed by atoms with Crippen molar-refractivity contribution >= 4 is 11.3 Å². The van der Waals surface area contributed by atoms with Crippen molar-refractivity contribution in [2.75, 3.05) is 19.8 Å². The number of nitrogens with one attached hydrogen (secondary N) is 1. The van der Waals surface area contributed by atoms with E-state index in [1.807, 2.05) is 11.3 Å². The Kier molecular flexibility index (Phi) is 6.69. The molecule has 3 heteroatoms. The quantitative estimate of drug-likeness (QED) is 0.703. The number of thiophene rings is 1. The largest absolute Gasteiger partial charge is 0.381 e. The van der Waals surface area contributed by atoms with Crippen LogP contribution in [0.15, 0.2) is 12.1 Å². The van der Waals surface area contributed by atoms with Gasteiger partial charge in [0.05, 0.1) is 0 Å². The van der Waals surface area contributed by atoms with E-state index < -0.39 is 0 Å². The molecule has 1 atom stereocenters. The van der Waals surface area contributed by atoms with E-state index in [1.165, 1.54) is 9.75 Å². The monoisotopic (exact) mass is 241 g/mol. The highest BCUT2D eigenvalue weighted by molar-refractivity contribution is 7.12. The van der Waals surface area contributed by atoms with Gasteiger partial charge >= 0.3 is 0 Å². The van der Waals surface area contributed by atoms with Crippen molar-refractivity contribution in [1.29, 1.82) is 0 Å². The zero-order chi connectivity index (χ0) is 11.8. The molecule has 0 aliphatic carbocycles. The standard InChI is InChI=1S/C13H23NOS/c1-4-9-15-10-8-12(14-5-2)13-7-6-11(3)16-13/h6-7,12,14H,4-5,8-10H2,1-3H3. The highest BCUT2D eigenvalue weighted by Gasteiger charge is 2.11.